The lowest BCUT2D eigenvalue weighted by Gasteiger charge is -2.44. The first-order valence-electron chi connectivity index (χ1n) is 18.2. The fraction of sp³-hybridized carbons (Fsp3) is 1.00. The number of hydrogen-bond acceptors (Lipinski definition) is 1. The smallest absolute Gasteiger partial charge is 0.0957 e. The van der Waals surface area contributed by atoms with Gasteiger partial charge in [-0.15, -0.1) is 0 Å². The Kier molecular flexibility index (Phi) is 31.0. The lowest BCUT2D eigenvalue weighted by atomic mass is 9.85. The highest BCUT2D eigenvalue weighted by atomic mass is 16.0. The predicted molar refractivity (Wildman–Crippen MR) is 178 cm³/mol. The van der Waals surface area contributed by atoms with Crippen LogP contribution < -0.4 is 0 Å². The normalized spacial score (nSPS) is 12.2. The van der Waals surface area contributed by atoms with Crippen LogP contribution in [0.25, 0.3) is 0 Å². The Balaban J connectivity index is 0. The van der Waals surface area contributed by atoms with Crippen molar-refractivity contribution in [1.82, 2.24) is 0 Å². The molecule has 39 heavy (non-hydrogen) atoms. The molecular weight excluding hydrogens is 474 g/mol. The molecule has 0 aliphatic carbocycles. The van der Waals surface area contributed by atoms with Crippen LogP contribution in [0.4, 0.5) is 0 Å². The molecular formula is C37H79NO. The summed E-state index contributed by atoms with van der Waals surface area (Å²) in [5.74, 6) is 0. The number of rotatable bonds is 31. The molecule has 0 amide bonds. The van der Waals surface area contributed by atoms with Crippen molar-refractivity contribution >= 4 is 0 Å². The van der Waals surface area contributed by atoms with Crippen LogP contribution in [0.3, 0.4) is 0 Å². The summed E-state index contributed by atoms with van der Waals surface area (Å²) in [4.78, 5) is 0. The Morgan fingerprint density at radius 2 is 0.513 bits per heavy atom. The van der Waals surface area contributed by atoms with Gasteiger partial charge in [-0.25, -0.2) is 0 Å². The first-order chi connectivity index (χ1) is 18.4. The van der Waals surface area contributed by atoms with Crippen LogP contribution in [0.5, 0.6) is 0 Å². The Bertz CT molecular complexity index is 423. The Morgan fingerprint density at radius 1 is 0.333 bits per heavy atom. The van der Waals surface area contributed by atoms with Crippen molar-refractivity contribution in [1.29, 1.82) is 0 Å². The summed E-state index contributed by atoms with van der Waals surface area (Å²) < 4.78 is 1.13. The summed E-state index contributed by atoms with van der Waals surface area (Å²) >= 11 is 0. The fourth-order valence-corrected chi connectivity index (χ4v) is 6.20. The van der Waals surface area contributed by atoms with Crippen LogP contribution >= 0.6 is 0 Å². The lowest BCUT2D eigenvalue weighted by molar-refractivity contribution is -0.923. The van der Waals surface area contributed by atoms with E-state index in [0.29, 0.717) is 5.54 Å². The minimum absolute atomic E-state index is 0. The standard InChI is InChI=1S/C37H78N.H2O/c1-7-9-11-13-15-17-19-21-23-25-27-29-31-33-35-37(3,38(4,5)6)36-34-32-30-28-26-24-22-20-18-16-14-12-10-8-2;/h7-36H2,1-6H3;1H2/q+1;/p-1. The SMILES string of the molecule is CCCCCCCCCCCCCCCCC(C)(CCCCCCCCCCCCCCCC)[N+](C)(C)C.[OH-]. The fourth-order valence-electron chi connectivity index (χ4n) is 6.20. The summed E-state index contributed by atoms with van der Waals surface area (Å²) in [6.07, 6.45) is 43.7. The molecule has 2 nitrogen and oxygen atoms in total. The van der Waals surface area contributed by atoms with Gasteiger partial charge in [-0.2, -0.15) is 0 Å². The molecule has 0 unspecified atom stereocenters. The third kappa shape index (κ3) is 26.6. The molecule has 0 aliphatic rings. The van der Waals surface area contributed by atoms with Crippen LogP contribution in [0.1, 0.15) is 213 Å². The molecule has 0 heterocycles. The zero-order valence-electron chi connectivity index (χ0n) is 28.6. The molecule has 0 atom stereocenters. The van der Waals surface area contributed by atoms with Crippen LogP contribution in [0.2, 0.25) is 0 Å². The third-order valence-electron chi connectivity index (χ3n) is 9.76. The van der Waals surface area contributed by atoms with Gasteiger partial charge in [0.25, 0.3) is 0 Å². The average Bonchev–Trinajstić information content (AvgIpc) is 2.88. The molecule has 0 fully saturated rings. The van der Waals surface area contributed by atoms with Crippen molar-refractivity contribution in [2.24, 2.45) is 0 Å². The van der Waals surface area contributed by atoms with Crippen LogP contribution in [-0.4, -0.2) is 36.6 Å². The number of unbranched alkanes of at least 4 members (excludes halogenated alkanes) is 26. The van der Waals surface area contributed by atoms with Gasteiger partial charge in [0, 0.05) is 12.8 Å². The maximum absolute atomic E-state index is 2.58. The molecule has 0 saturated carbocycles. The highest BCUT2D eigenvalue weighted by Gasteiger charge is 2.36. The van der Waals surface area contributed by atoms with E-state index in [1.807, 2.05) is 0 Å². The van der Waals surface area contributed by atoms with Gasteiger partial charge >= 0.3 is 0 Å². The summed E-state index contributed by atoms with van der Waals surface area (Å²) in [5.41, 5.74) is 0.453. The van der Waals surface area contributed by atoms with Gasteiger partial charge in [0.1, 0.15) is 0 Å². The third-order valence-corrected chi connectivity index (χ3v) is 9.76. The van der Waals surface area contributed by atoms with E-state index in [4.69, 9.17) is 0 Å². The molecule has 0 spiro atoms. The molecule has 0 rings (SSSR count). The summed E-state index contributed by atoms with van der Waals surface area (Å²) in [6.45, 7) is 7.20. The second-order valence-electron chi connectivity index (χ2n) is 14.2. The van der Waals surface area contributed by atoms with E-state index in [-0.39, 0.29) is 5.48 Å². The van der Waals surface area contributed by atoms with Gasteiger partial charge in [-0.05, 0) is 19.8 Å². The number of hydrogen-bond donors (Lipinski definition) is 0. The van der Waals surface area contributed by atoms with Crippen molar-refractivity contribution in [3.8, 4) is 0 Å². The molecule has 1 N–H and O–H groups in total. The molecule has 0 radical (unpaired) electrons. The molecule has 0 saturated heterocycles. The molecule has 0 bridgehead atoms. The first-order valence-corrected chi connectivity index (χ1v) is 18.2. The van der Waals surface area contributed by atoms with E-state index < -0.39 is 0 Å². The highest BCUT2D eigenvalue weighted by molar-refractivity contribution is 4.75. The molecule has 238 valence electrons. The number of nitrogens with zero attached hydrogens (tertiary/aromatic N) is 1. The lowest BCUT2D eigenvalue weighted by Crippen LogP contribution is -2.55. The summed E-state index contributed by atoms with van der Waals surface area (Å²) in [7, 11) is 7.31. The largest absolute Gasteiger partial charge is 0.870 e. The van der Waals surface area contributed by atoms with Crippen molar-refractivity contribution < 1.29 is 9.96 Å². The second-order valence-corrected chi connectivity index (χ2v) is 14.2. The molecule has 0 aromatic heterocycles. The first kappa shape index (κ1) is 41.1. The quantitative estimate of drug-likeness (QED) is 0.0620. The minimum Gasteiger partial charge on any atom is -0.870 e. The maximum Gasteiger partial charge on any atom is 0.0957 e. The highest BCUT2D eigenvalue weighted by Crippen LogP contribution is 2.31. The summed E-state index contributed by atoms with van der Waals surface area (Å²) in [5, 5.41) is 0. The molecule has 0 aliphatic heterocycles. The van der Waals surface area contributed by atoms with Gasteiger partial charge in [0.15, 0.2) is 0 Å². The van der Waals surface area contributed by atoms with Crippen LogP contribution in [0, 0.1) is 0 Å². The monoisotopic (exact) mass is 554 g/mol. The van der Waals surface area contributed by atoms with Gasteiger partial charge in [-0.3, -0.25) is 0 Å². The van der Waals surface area contributed by atoms with E-state index in [9.17, 15) is 0 Å². The predicted octanol–water partition coefficient (Wildman–Crippen LogP) is 13.0. The van der Waals surface area contributed by atoms with E-state index in [2.05, 4.69) is 41.9 Å². The Morgan fingerprint density at radius 3 is 0.692 bits per heavy atom. The molecule has 0 aromatic carbocycles. The zero-order chi connectivity index (χ0) is 28.2. The average molecular weight is 554 g/mol. The van der Waals surface area contributed by atoms with E-state index in [1.165, 1.54) is 193 Å². The topological polar surface area (TPSA) is 30.0 Å². The zero-order valence-corrected chi connectivity index (χ0v) is 28.6. The molecule has 0 aromatic rings. The van der Waals surface area contributed by atoms with Crippen molar-refractivity contribution in [2.75, 3.05) is 21.1 Å². The van der Waals surface area contributed by atoms with Crippen LogP contribution in [-0.2, 0) is 0 Å². The van der Waals surface area contributed by atoms with Gasteiger partial charge in [0.05, 0.1) is 26.7 Å². The van der Waals surface area contributed by atoms with E-state index in [0.717, 1.165) is 4.48 Å². The van der Waals surface area contributed by atoms with E-state index in [1.54, 1.807) is 0 Å². The maximum atomic E-state index is 2.58. The van der Waals surface area contributed by atoms with E-state index >= 15 is 0 Å². The van der Waals surface area contributed by atoms with Crippen LogP contribution in [0.15, 0.2) is 0 Å². The van der Waals surface area contributed by atoms with Crippen molar-refractivity contribution in [3.63, 3.8) is 0 Å². The number of quaternary nitrogens is 1. The summed E-state index contributed by atoms with van der Waals surface area (Å²) in [6, 6.07) is 0. The second kappa shape index (κ2) is 29.4. The van der Waals surface area contributed by atoms with Gasteiger partial charge in [0.2, 0.25) is 0 Å². The minimum atomic E-state index is 0. The van der Waals surface area contributed by atoms with Gasteiger partial charge in [-0.1, -0.05) is 181 Å². The van der Waals surface area contributed by atoms with Crippen molar-refractivity contribution in [3.05, 3.63) is 0 Å². The Labute approximate surface area is 249 Å². The molecule has 2 heteroatoms. The Hall–Kier alpha value is -0.0800. The van der Waals surface area contributed by atoms with Crippen molar-refractivity contribution in [2.45, 2.75) is 219 Å². The van der Waals surface area contributed by atoms with Gasteiger partial charge < -0.3 is 9.96 Å².